The Kier molecular flexibility index (Phi) is 3.90. The van der Waals surface area contributed by atoms with Gasteiger partial charge in [-0.05, 0) is 37.6 Å². The summed E-state index contributed by atoms with van der Waals surface area (Å²) in [4.78, 5) is 12.0. The van der Waals surface area contributed by atoms with Crippen molar-refractivity contribution in [3.05, 3.63) is 29.6 Å². The first-order valence-electron chi connectivity index (χ1n) is 5.92. The molecule has 0 spiro atoms. The van der Waals surface area contributed by atoms with Gasteiger partial charge in [0.05, 0.1) is 17.2 Å². The highest BCUT2D eigenvalue weighted by atomic mass is 19.1. The lowest BCUT2D eigenvalue weighted by molar-refractivity contribution is -0.120. The first kappa shape index (κ1) is 12.5. The van der Waals surface area contributed by atoms with Crippen LogP contribution in [0.25, 0.3) is 0 Å². The van der Waals surface area contributed by atoms with E-state index in [2.05, 4.69) is 10.6 Å². The molecule has 1 saturated heterocycles. The van der Waals surface area contributed by atoms with Crippen LogP contribution in [0.1, 0.15) is 18.4 Å². The summed E-state index contributed by atoms with van der Waals surface area (Å²) >= 11 is 0. The van der Waals surface area contributed by atoms with Gasteiger partial charge in [-0.1, -0.05) is 0 Å². The molecule has 1 unspecified atom stereocenters. The van der Waals surface area contributed by atoms with E-state index in [4.69, 9.17) is 5.26 Å². The van der Waals surface area contributed by atoms with Gasteiger partial charge >= 0.3 is 0 Å². The number of nitrogens with zero attached hydrogens (tertiary/aromatic N) is 1. The van der Waals surface area contributed by atoms with Crippen molar-refractivity contribution in [2.45, 2.75) is 12.8 Å². The van der Waals surface area contributed by atoms with Crippen LogP contribution >= 0.6 is 0 Å². The molecule has 94 valence electrons. The lowest BCUT2D eigenvalue weighted by Crippen LogP contribution is -2.37. The minimum atomic E-state index is -0.483. The van der Waals surface area contributed by atoms with Crippen LogP contribution < -0.4 is 10.6 Å². The number of piperidine rings is 1. The summed E-state index contributed by atoms with van der Waals surface area (Å²) in [6.07, 6.45) is 1.80. The van der Waals surface area contributed by atoms with E-state index in [0.717, 1.165) is 25.5 Å². The maximum Gasteiger partial charge on any atom is 0.228 e. The smallest absolute Gasteiger partial charge is 0.228 e. The highest BCUT2D eigenvalue weighted by Crippen LogP contribution is 2.18. The van der Waals surface area contributed by atoms with Gasteiger partial charge in [0, 0.05) is 6.54 Å². The summed E-state index contributed by atoms with van der Waals surface area (Å²) in [5.74, 6) is -0.690. The van der Waals surface area contributed by atoms with E-state index in [1.165, 1.54) is 12.1 Å². The highest BCUT2D eigenvalue weighted by molar-refractivity contribution is 5.94. The Labute approximate surface area is 105 Å². The molecule has 0 aromatic heterocycles. The molecule has 5 heteroatoms. The molecular weight excluding hydrogens is 233 g/mol. The van der Waals surface area contributed by atoms with E-state index in [1.807, 2.05) is 6.07 Å². The van der Waals surface area contributed by atoms with Crippen molar-refractivity contribution in [1.82, 2.24) is 5.32 Å². The molecule has 18 heavy (non-hydrogen) atoms. The molecule has 1 amide bonds. The van der Waals surface area contributed by atoms with Crippen LogP contribution in [0.15, 0.2) is 18.2 Å². The Bertz CT molecular complexity index is 489. The van der Waals surface area contributed by atoms with Gasteiger partial charge in [0.1, 0.15) is 11.9 Å². The Morgan fingerprint density at radius 3 is 3.06 bits per heavy atom. The quantitative estimate of drug-likeness (QED) is 0.835. The van der Waals surface area contributed by atoms with Crippen LogP contribution in [0.5, 0.6) is 0 Å². The third kappa shape index (κ3) is 2.84. The fourth-order valence-electron chi connectivity index (χ4n) is 2.03. The summed E-state index contributed by atoms with van der Waals surface area (Å²) in [7, 11) is 0. The average Bonchev–Trinajstić information content (AvgIpc) is 2.41. The van der Waals surface area contributed by atoms with E-state index in [1.54, 1.807) is 0 Å². The normalized spacial score (nSPS) is 19.0. The van der Waals surface area contributed by atoms with Gasteiger partial charge in [-0.2, -0.15) is 5.26 Å². The summed E-state index contributed by atoms with van der Waals surface area (Å²) in [5, 5.41) is 14.7. The van der Waals surface area contributed by atoms with Crippen molar-refractivity contribution in [2.24, 2.45) is 5.92 Å². The van der Waals surface area contributed by atoms with Crippen LogP contribution in [0.3, 0.4) is 0 Å². The monoisotopic (exact) mass is 247 g/mol. The number of amides is 1. The topological polar surface area (TPSA) is 64.9 Å². The van der Waals surface area contributed by atoms with Crippen LogP contribution in [0.2, 0.25) is 0 Å². The zero-order valence-electron chi connectivity index (χ0n) is 9.87. The standard InChI is InChI=1S/C13H14FN3O/c14-11-3-4-12(10(6-11)7-15)17-13(18)9-2-1-5-16-8-9/h3-4,6,9,16H,1-2,5,8H2,(H,17,18). The lowest BCUT2D eigenvalue weighted by atomic mass is 9.98. The fourth-order valence-corrected chi connectivity index (χ4v) is 2.03. The van der Waals surface area contributed by atoms with Crippen molar-refractivity contribution in [1.29, 1.82) is 5.26 Å². The second-order valence-electron chi connectivity index (χ2n) is 4.33. The summed E-state index contributed by atoms with van der Waals surface area (Å²) in [6, 6.07) is 5.64. The molecule has 2 rings (SSSR count). The molecule has 1 heterocycles. The van der Waals surface area contributed by atoms with Crippen LogP contribution in [0.4, 0.5) is 10.1 Å². The van der Waals surface area contributed by atoms with Crippen molar-refractivity contribution >= 4 is 11.6 Å². The third-order valence-corrected chi connectivity index (χ3v) is 3.03. The second-order valence-corrected chi connectivity index (χ2v) is 4.33. The van der Waals surface area contributed by atoms with Gasteiger partial charge in [0.15, 0.2) is 0 Å². The SMILES string of the molecule is N#Cc1cc(F)ccc1NC(=O)C1CCCNC1. The van der Waals surface area contributed by atoms with Crippen molar-refractivity contribution in [3.63, 3.8) is 0 Å². The van der Waals surface area contributed by atoms with E-state index in [0.29, 0.717) is 12.2 Å². The number of carbonyl (C=O) groups excluding carboxylic acids is 1. The average molecular weight is 247 g/mol. The number of rotatable bonds is 2. The molecule has 1 atom stereocenters. The largest absolute Gasteiger partial charge is 0.325 e. The molecule has 0 radical (unpaired) electrons. The molecular formula is C13H14FN3O. The molecule has 2 N–H and O–H groups in total. The summed E-state index contributed by atoms with van der Waals surface area (Å²) in [6.45, 7) is 1.58. The zero-order chi connectivity index (χ0) is 13.0. The molecule has 1 aliphatic heterocycles. The molecule has 4 nitrogen and oxygen atoms in total. The van der Waals surface area contributed by atoms with E-state index >= 15 is 0 Å². The number of hydrogen-bond acceptors (Lipinski definition) is 3. The Balaban J connectivity index is 2.09. The fraction of sp³-hybridized carbons (Fsp3) is 0.385. The van der Waals surface area contributed by atoms with Gasteiger partial charge in [0.25, 0.3) is 0 Å². The molecule has 1 aromatic rings. The highest BCUT2D eigenvalue weighted by Gasteiger charge is 2.21. The molecule has 0 aliphatic carbocycles. The lowest BCUT2D eigenvalue weighted by Gasteiger charge is -2.22. The Hall–Kier alpha value is -1.93. The van der Waals surface area contributed by atoms with E-state index in [9.17, 15) is 9.18 Å². The minimum absolute atomic E-state index is 0.0876. The van der Waals surface area contributed by atoms with Crippen LogP contribution in [-0.4, -0.2) is 19.0 Å². The number of hydrogen-bond donors (Lipinski definition) is 2. The van der Waals surface area contributed by atoms with Crippen molar-refractivity contribution < 1.29 is 9.18 Å². The molecule has 0 saturated carbocycles. The van der Waals surface area contributed by atoms with Crippen LogP contribution in [0, 0.1) is 23.1 Å². The minimum Gasteiger partial charge on any atom is -0.325 e. The summed E-state index contributed by atoms with van der Waals surface area (Å²) < 4.78 is 13.0. The van der Waals surface area contributed by atoms with Crippen molar-refractivity contribution in [3.8, 4) is 6.07 Å². The van der Waals surface area contributed by atoms with Crippen molar-refractivity contribution in [2.75, 3.05) is 18.4 Å². The maximum absolute atomic E-state index is 13.0. The predicted octanol–water partition coefficient (Wildman–Crippen LogP) is 1.64. The Morgan fingerprint density at radius 2 is 2.39 bits per heavy atom. The number of nitrogens with one attached hydrogen (secondary N) is 2. The third-order valence-electron chi connectivity index (χ3n) is 3.03. The number of carbonyl (C=O) groups is 1. The molecule has 0 bridgehead atoms. The molecule has 1 fully saturated rings. The van der Waals surface area contributed by atoms with Gasteiger partial charge in [-0.3, -0.25) is 4.79 Å². The number of anilines is 1. The van der Waals surface area contributed by atoms with Gasteiger partial charge in [-0.25, -0.2) is 4.39 Å². The van der Waals surface area contributed by atoms with E-state index < -0.39 is 5.82 Å². The van der Waals surface area contributed by atoms with Crippen LogP contribution in [-0.2, 0) is 4.79 Å². The number of halogens is 1. The van der Waals surface area contributed by atoms with Gasteiger partial charge in [-0.15, -0.1) is 0 Å². The van der Waals surface area contributed by atoms with E-state index in [-0.39, 0.29) is 17.4 Å². The van der Waals surface area contributed by atoms with Gasteiger partial charge < -0.3 is 10.6 Å². The Morgan fingerprint density at radius 1 is 1.56 bits per heavy atom. The second kappa shape index (κ2) is 5.61. The summed E-state index contributed by atoms with van der Waals surface area (Å²) in [5.41, 5.74) is 0.515. The first-order valence-corrected chi connectivity index (χ1v) is 5.92. The molecule has 1 aromatic carbocycles. The first-order chi connectivity index (χ1) is 8.70. The maximum atomic E-state index is 13.0. The van der Waals surface area contributed by atoms with Gasteiger partial charge in [0.2, 0.25) is 5.91 Å². The molecule has 1 aliphatic rings. The number of nitriles is 1. The zero-order valence-corrected chi connectivity index (χ0v) is 9.87. The number of benzene rings is 1. The predicted molar refractivity (Wildman–Crippen MR) is 65.3 cm³/mol.